The van der Waals surface area contributed by atoms with E-state index in [0.29, 0.717) is 5.82 Å². The number of aromatic nitrogens is 3. The highest BCUT2D eigenvalue weighted by Gasteiger charge is 2.18. The summed E-state index contributed by atoms with van der Waals surface area (Å²) in [6.45, 7) is 0. The number of nitrogens with zero attached hydrogens (tertiary/aromatic N) is 3. The zero-order valence-corrected chi connectivity index (χ0v) is 33.8. The Morgan fingerprint density at radius 3 is 1.52 bits per heavy atom. The molecule has 0 aliphatic carbocycles. The molecule has 0 saturated carbocycles. The Morgan fingerprint density at radius 2 is 0.850 bits per heavy atom. The van der Waals surface area contributed by atoms with Crippen molar-refractivity contribution in [1.82, 2.24) is 15.0 Å². The van der Waals surface area contributed by atoms with Gasteiger partial charge in [-0.05, 0) is 105 Å². The maximum Gasteiger partial charge on any atom is 0.160 e. The average Bonchev–Trinajstić information content (AvgIpc) is 3.89. The average molecular weight is 800 g/mol. The summed E-state index contributed by atoms with van der Waals surface area (Å²) in [6, 6.07) is 67.8. The third-order valence-corrected chi connectivity index (χ3v) is 13.9. The van der Waals surface area contributed by atoms with E-state index < -0.39 is 0 Å². The van der Waals surface area contributed by atoms with Crippen LogP contribution in [0.15, 0.2) is 200 Å². The molecular formula is C55H33N3S2. The molecule has 5 heteroatoms. The van der Waals surface area contributed by atoms with Crippen molar-refractivity contribution in [3.05, 3.63) is 200 Å². The Hall–Kier alpha value is -7.31. The van der Waals surface area contributed by atoms with Gasteiger partial charge in [0.15, 0.2) is 5.82 Å². The summed E-state index contributed by atoms with van der Waals surface area (Å²) in [5.74, 6) is 0.670. The monoisotopic (exact) mass is 799 g/mol. The minimum atomic E-state index is 0.670. The highest BCUT2D eigenvalue weighted by molar-refractivity contribution is 7.26. The molecule has 0 spiro atoms. The summed E-state index contributed by atoms with van der Waals surface area (Å²) in [4.78, 5) is 15.4. The lowest BCUT2D eigenvalue weighted by Gasteiger charge is -2.15. The van der Waals surface area contributed by atoms with Gasteiger partial charge in [-0.3, -0.25) is 4.98 Å². The minimum Gasteiger partial charge on any atom is -0.264 e. The van der Waals surface area contributed by atoms with Crippen LogP contribution in [0.1, 0.15) is 0 Å². The molecule has 0 amide bonds. The molecule has 0 fully saturated rings. The van der Waals surface area contributed by atoms with Crippen molar-refractivity contribution >= 4 is 73.8 Å². The van der Waals surface area contributed by atoms with Crippen molar-refractivity contribution in [3.63, 3.8) is 0 Å². The largest absolute Gasteiger partial charge is 0.264 e. The fourth-order valence-corrected chi connectivity index (χ4v) is 10.9. The normalized spacial score (nSPS) is 11.7. The van der Waals surface area contributed by atoms with Gasteiger partial charge in [-0.15, -0.1) is 22.7 Å². The summed E-state index contributed by atoms with van der Waals surface area (Å²) in [5.41, 5.74) is 11.4. The first-order valence-corrected chi connectivity index (χ1v) is 21.7. The van der Waals surface area contributed by atoms with Crippen LogP contribution in [0.4, 0.5) is 0 Å². The molecule has 3 nitrogen and oxygen atoms in total. The van der Waals surface area contributed by atoms with Crippen LogP contribution in [0.3, 0.4) is 0 Å². The Morgan fingerprint density at radius 1 is 0.317 bits per heavy atom. The van der Waals surface area contributed by atoms with Crippen molar-refractivity contribution in [1.29, 1.82) is 0 Å². The second-order valence-corrected chi connectivity index (χ2v) is 17.4. The SMILES string of the molecule is c1cncc(-c2ccccc2-c2cc(-c3cccc4ccccc34)nc(-c3cc(-c4ccc5sc6ccccc6c5c4)cc(-c4ccc5sc6ccccc6c5c4)c3)n2)c1. The van der Waals surface area contributed by atoms with Gasteiger partial charge in [0.1, 0.15) is 0 Å². The predicted octanol–water partition coefficient (Wildman–Crippen LogP) is 15.8. The van der Waals surface area contributed by atoms with Crippen molar-refractivity contribution < 1.29 is 0 Å². The molecule has 12 rings (SSSR count). The third kappa shape index (κ3) is 5.98. The van der Waals surface area contributed by atoms with Gasteiger partial charge in [0.25, 0.3) is 0 Å². The van der Waals surface area contributed by atoms with E-state index in [1.165, 1.54) is 45.7 Å². The molecule has 0 radical (unpaired) electrons. The number of rotatable bonds is 6. The Labute approximate surface area is 354 Å². The van der Waals surface area contributed by atoms with E-state index in [0.717, 1.165) is 66.8 Å². The molecule has 0 aliphatic rings. The number of pyridine rings is 1. The lowest BCUT2D eigenvalue weighted by Crippen LogP contribution is -1.98. The Balaban J connectivity index is 1.12. The van der Waals surface area contributed by atoms with Gasteiger partial charge < -0.3 is 0 Å². The molecule has 280 valence electrons. The zero-order valence-electron chi connectivity index (χ0n) is 32.2. The smallest absolute Gasteiger partial charge is 0.160 e. The summed E-state index contributed by atoms with van der Waals surface area (Å²) in [6.07, 6.45) is 3.73. The Kier molecular flexibility index (Phi) is 8.22. The van der Waals surface area contributed by atoms with Crippen LogP contribution in [-0.2, 0) is 0 Å². The summed E-state index contributed by atoms with van der Waals surface area (Å²) < 4.78 is 5.17. The van der Waals surface area contributed by atoms with E-state index in [4.69, 9.17) is 9.97 Å². The van der Waals surface area contributed by atoms with Gasteiger partial charge in [0.05, 0.1) is 11.4 Å². The van der Waals surface area contributed by atoms with Crippen molar-refractivity contribution in [2.45, 2.75) is 0 Å². The van der Waals surface area contributed by atoms with Crippen LogP contribution in [0.25, 0.3) is 118 Å². The first-order valence-electron chi connectivity index (χ1n) is 20.1. The van der Waals surface area contributed by atoms with Gasteiger partial charge in [0, 0.05) is 75.0 Å². The van der Waals surface area contributed by atoms with Crippen molar-refractivity contribution in [2.24, 2.45) is 0 Å². The summed E-state index contributed by atoms with van der Waals surface area (Å²) in [7, 11) is 0. The van der Waals surface area contributed by atoms with E-state index in [1.807, 2.05) is 41.1 Å². The molecule has 12 aromatic rings. The topological polar surface area (TPSA) is 38.7 Å². The highest BCUT2D eigenvalue weighted by atomic mass is 32.1. The van der Waals surface area contributed by atoms with Crippen molar-refractivity contribution in [3.8, 4) is 67.3 Å². The van der Waals surface area contributed by atoms with Gasteiger partial charge >= 0.3 is 0 Å². The van der Waals surface area contributed by atoms with Gasteiger partial charge in [0.2, 0.25) is 0 Å². The first-order chi connectivity index (χ1) is 29.7. The fraction of sp³-hybridized carbons (Fsp3) is 0. The number of benzene rings is 8. The van der Waals surface area contributed by atoms with E-state index in [9.17, 15) is 0 Å². The summed E-state index contributed by atoms with van der Waals surface area (Å²) in [5, 5.41) is 7.44. The molecule has 0 unspecified atom stereocenters. The summed E-state index contributed by atoms with van der Waals surface area (Å²) >= 11 is 3.69. The van der Waals surface area contributed by atoms with Crippen molar-refractivity contribution in [2.75, 3.05) is 0 Å². The fourth-order valence-electron chi connectivity index (χ4n) is 8.68. The highest BCUT2D eigenvalue weighted by Crippen LogP contribution is 2.42. The molecule has 8 aromatic carbocycles. The lowest BCUT2D eigenvalue weighted by molar-refractivity contribution is 1.18. The van der Waals surface area contributed by atoms with Crippen LogP contribution in [0.2, 0.25) is 0 Å². The molecular weight excluding hydrogens is 767 g/mol. The zero-order chi connectivity index (χ0) is 39.6. The predicted molar refractivity (Wildman–Crippen MR) is 256 cm³/mol. The number of hydrogen-bond acceptors (Lipinski definition) is 5. The van der Waals surface area contributed by atoms with Crippen LogP contribution in [0, 0.1) is 0 Å². The third-order valence-electron chi connectivity index (χ3n) is 11.6. The standard InChI is InChI=1S/C55H33N3S2/c1-2-14-41-34(11-1)12-9-19-44(41)50-32-49(43-16-4-3-15-42(43)37-13-10-26-56-33-37)57-55(58-50)40-28-38(35-22-24-53-47(30-35)45-17-5-7-20-51(45)59-53)27-39(29-40)36-23-25-54-48(31-36)46-18-6-8-21-52(46)60-54/h1-33H. The molecule has 0 saturated heterocycles. The van der Waals surface area contributed by atoms with Crippen LogP contribution in [0.5, 0.6) is 0 Å². The van der Waals surface area contributed by atoms with E-state index in [-0.39, 0.29) is 0 Å². The second kappa shape index (κ2) is 14.2. The molecule has 4 aromatic heterocycles. The van der Waals surface area contributed by atoms with E-state index >= 15 is 0 Å². The number of thiophene rings is 2. The molecule has 60 heavy (non-hydrogen) atoms. The molecule has 0 aliphatic heterocycles. The van der Waals surface area contributed by atoms with Crippen LogP contribution < -0.4 is 0 Å². The quantitative estimate of drug-likeness (QED) is 0.168. The lowest BCUT2D eigenvalue weighted by atomic mass is 9.93. The maximum absolute atomic E-state index is 5.47. The van der Waals surface area contributed by atoms with E-state index in [2.05, 4.69) is 187 Å². The van der Waals surface area contributed by atoms with E-state index in [1.54, 1.807) is 0 Å². The number of fused-ring (bicyclic) bond motifs is 7. The first kappa shape index (κ1) is 34.7. The second-order valence-electron chi connectivity index (χ2n) is 15.2. The molecule has 4 heterocycles. The molecule has 0 bridgehead atoms. The molecule has 0 atom stereocenters. The van der Waals surface area contributed by atoms with Gasteiger partial charge in [-0.2, -0.15) is 0 Å². The number of hydrogen-bond donors (Lipinski definition) is 0. The van der Waals surface area contributed by atoms with Gasteiger partial charge in [-0.1, -0.05) is 121 Å². The maximum atomic E-state index is 5.47. The minimum absolute atomic E-state index is 0.670. The van der Waals surface area contributed by atoms with Gasteiger partial charge in [-0.25, -0.2) is 9.97 Å². The van der Waals surface area contributed by atoms with Crippen LogP contribution >= 0.6 is 22.7 Å². The van der Waals surface area contributed by atoms with Crippen LogP contribution in [-0.4, -0.2) is 15.0 Å². The Bertz CT molecular complexity index is 3480. The molecule has 0 N–H and O–H groups in total.